The predicted octanol–water partition coefficient (Wildman–Crippen LogP) is 2.77. The minimum absolute atomic E-state index is 0.0684. The molecule has 4 heterocycles. The molecule has 0 radical (unpaired) electrons. The summed E-state index contributed by atoms with van der Waals surface area (Å²) in [6, 6.07) is 6.48. The summed E-state index contributed by atoms with van der Waals surface area (Å²) >= 11 is 0. The van der Waals surface area contributed by atoms with Gasteiger partial charge >= 0.3 is 13.8 Å². The van der Waals surface area contributed by atoms with Crippen molar-refractivity contribution in [3.63, 3.8) is 0 Å². The van der Waals surface area contributed by atoms with E-state index >= 15 is 0 Å². The Bertz CT molecular complexity index is 1480. The lowest BCUT2D eigenvalue weighted by Crippen LogP contribution is -2.44. The number of carbonyl (C=O) groups is 1. The number of hydrogen-bond donors (Lipinski definition) is 2. The largest absolute Gasteiger partial charge is 0.527 e. The van der Waals surface area contributed by atoms with Crippen LogP contribution in [0.3, 0.4) is 0 Å². The molecule has 0 spiro atoms. The standard InChI is InChI=1S/C23H23N2O8P/c1-4-13-14-8-12(33-34(29,30)31-3)6-7-18(14)24-20-15(13)10-25-19(20)9-17-16(21(25)26)11-32-22(27)23(17,28)5-2/h6-9,28H,4-5,10-11H2,1-3H3,(H,29,30)/t23-/m0/s1. The molecule has 0 amide bonds. The lowest BCUT2D eigenvalue weighted by Gasteiger charge is -2.31. The summed E-state index contributed by atoms with van der Waals surface area (Å²) < 4.78 is 28.1. The van der Waals surface area contributed by atoms with E-state index in [1.165, 1.54) is 6.07 Å². The van der Waals surface area contributed by atoms with Gasteiger partial charge in [-0.25, -0.2) is 14.3 Å². The average Bonchev–Trinajstić information content (AvgIpc) is 3.18. The van der Waals surface area contributed by atoms with Crippen LogP contribution >= 0.6 is 7.82 Å². The van der Waals surface area contributed by atoms with E-state index in [9.17, 15) is 24.2 Å². The number of benzene rings is 1. The highest BCUT2D eigenvalue weighted by Gasteiger charge is 2.45. The van der Waals surface area contributed by atoms with Crippen molar-refractivity contribution in [1.82, 2.24) is 9.55 Å². The fraction of sp³-hybridized carbons (Fsp3) is 0.348. The van der Waals surface area contributed by atoms with Crippen LogP contribution in [-0.4, -0.2) is 32.6 Å². The first-order valence-corrected chi connectivity index (χ1v) is 12.3. The third kappa shape index (κ3) is 3.21. The first-order valence-electron chi connectivity index (χ1n) is 10.8. The van der Waals surface area contributed by atoms with Gasteiger partial charge < -0.3 is 18.9 Å². The molecule has 2 aromatic heterocycles. The zero-order valence-electron chi connectivity index (χ0n) is 18.8. The number of esters is 1. The second kappa shape index (κ2) is 7.74. The Morgan fingerprint density at radius 3 is 2.68 bits per heavy atom. The fourth-order valence-corrected chi connectivity index (χ4v) is 5.23. The fourth-order valence-electron chi connectivity index (χ4n) is 4.77. The number of aromatic nitrogens is 2. The number of rotatable bonds is 5. The Labute approximate surface area is 194 Å². The van der Waals surface area contributed by atoms with Gasteiger partial charge in [0.15, 0.2) is 5.60 Å². The number of aliphatic hydroxyl groups is 1. The minimum Gasteiger partial charge on any atom is -0.458 e. The van der Waals surface area contributed by atoms with Crippen molar-refractivity contribution in [2.24, 2.45) is 0 Å². The summed E-state index contributed by atoms with van der Waals surface area (Å²) in [5.41, 5.74) is 1.78. The average molecular weight is 486 g/mol. The third-order valence-electron chi connectivity index (χ3n) is 6.58. The number of ether oxygens (including phenoxy) is 1. The SMILES string of the molecule is CCc1c2c(nc3ccc(OP(=O)(O)OC)cc13)-c1cc3c(c(=O)n1C2)COC(=O)[C@]3(O)CC. The number of aryl methyl sites for hydroxylation is 1. The van der Waals surface area contributed by atoms with E-state index in [1.807, 2.05) is 6.92 Å². The van der Waals surface area contributed by atoms with Gasteiger partial charge in [-0.2, -0.15) is 0 Å². The zero-order chi connectivity index (χ0) is 24.4. The normalized spacial score (nSPS) is 20.3. The summed E-state index contributed by atoms with van der Waals surface area (Å²) in [7, 11) is -3.15. The highest BCUT2D eigenvalue weighted by molar-refractivity contribution is 7.47. The second-order valence-corrected chi connectivity index (χ2v) is 9.78. The van der Waals surface area contributed by atoms with Crippen molar-refractivity contribution in [3.05, 3.63) is 56.9 Å². The number of fused-ring (bicyclic) bond motifs is 5. The van der Waals surface area contributed by atoms with Gasteiger partial charge in [0.2, 0.25) is 0 Å². The van der Waals surface area contributed by atoms with Gasteiger partial charge in [0.05, 0.1) is 29.0 Å². The smallest absolute Gasteiger partial charge is 0.458 e. The van der Waals surface area contributed by atoms with E-state index in [0.717, 1.165) is 23.6 Å². The van der Waals surface area contributed by atoms with Crippen molar-refractivity contribution >= 4 is 24.7 Å². The van der Waals surface area contributed by atoms with Gasteiger partial charge in [-0.15, -0.1) is 0 Å². The lowest BCUT2D eigenvalue weighted by atomic mass is 9.86. The second-order valence-electron chi connectivity index (χ2n) is 8.30. The van der Waals surface area contributed by atoms with Crippen molar-refractivity contribution in [1.29, 1.82) is 0 Å². The Morgan fingerprint density at radius 2 is 2.00 bits per heavy atom. The maximum atomic E-state index is 13.4. The van der Waals surface area contributed by atoms with E-state index in [0.29, 0.717) is 23.3 Å². The molecule has 5 rings (SSSR count). The van der Waals surface area contributed by atoms with E-state index in [2.05, 4.69) is 4.52 Å². The molecule has 2 aliphatic heterocycles. The molecule has 0 saturated heterocycles. The number of cyclic esters (lactones) is 1. The van der Waals surface area contributed by atoms with Crippen molar-refractivity contribution < 1.29 is 33.1 Å². The molecule has 178 valence electrons. The monoisotopic (exact) mass is 486 g/mol. The van der Waals surface area contributed by atoms with E-state index < -0.39 is 19.4 Å². The Morgan fingerprint density at radius 1 is 1.24 bits per heavy atom. The highest BCUT2D eigenvalue weighted by Crippen LogP contribution is 2.45. The van der Waals surface area contributed by atoms with Crippen LogP contribution in [-0.2, 0) is 43.8 Å². The summed E-state index contributed by atoms with van der Waals surface area (Å²) in [6.45, 7) is 3.70. The molecule has 10 nitrogen and oxygen atoms in total. The van der Waals surface area contributed by atoms with Crippen LogP contribution in [0.4, 0.5) is 0 Å². The number of phosphoric acid groups is 1. The van der Waals surface area contributed by atoms with Crippen LogP contribution in [0.2, 0.25) is 0 Å². The quantitative estimate of drug-likeness (QED) is 0.322. The molecule has 1 unspecified atom stereocenters. The Balaban J connectivity index is 1.72. The molecular weight excluding hydrogens is 463 g/mol. The van der Waals surface area contributed by atoms with E-state index in [1.54, 1.807) is 29.7 Å². The van der Waals surface area contributed by atoms with Crippen LogP contribution in [0.25, 0.3) is 22.3 Å². The first-order chi connectivity index (χ1) is 16.1. The maximum absolute atomic E-state index is 13.4. The molecule has 0 saturated carbocycles. The molecular formula is C23H23N2O8P. The van der Waals surface area contributed by atoms with Gasteiger partial charge in [0, 0.05) is 23.6 Å². The summed E-state index contributed by atoms with van der Waals surface area (Å²) in [6.07, 6.45) is 0.674. The maximum Gasteiger partial charge on any atom is 0.527 e. The molecule has 0 fully saturated rings. The van der Waals surface area contributed by atoms with Crippen LogP contribution in [0.5, 0.6) is 5.75 Å². The number of nitrogens with zero attached hydrogens (tertiary/aromatic N) is 2. The van der Waals surface area contributed by atoms with Gasteiger partial charge in [0.1, 0.15) is 12.4 Å². The topological polar surface area (TPSA) is 137 Å². The summed E-state index contributed by atoms with van der Waals surface area (Å²) in [5.74, 6) is -0.612. The van der Waals surface area contributed by atoms with E-state index in [4.69, 9.17) is 14.2 Å². The van der Waals surface area contributed by atoms with Crippen molar-refractivity contribution in [2.75, 3.05) is 7.11 Å². The lowest BCUT2D eigenvalue weighted by molar-refractivity contribution is -0.172. The van der Waals surface area contributed by atoms with Crippen molar-refractivity contribution in [3.8, 4) is 17.1 Å². The number of carbonyl (C=O) groups excluding carboxylic acids is 1. The molecule has 2 atom stereocenters. The molecule has 2 aliphatic rings. The molecule has 2 N–H and O–H groups in total. The van der Waals surface area contributed by atoms with Gasteiger partial charge in [-0.05, 0) is 42.7 Å². The predicted molar refractivity (Wildman–Crippen MR) is 121 cm³/mol. The third-order valence-corrected chi connectivity index (χ3v) is 7.49. The summed E-state index contributed by atoms with van der Waals surface area (Å²) in [5, 5.41) is 11.7. The molecule has 0 bridgehead atoms. The van der Waals surface area contributed by atoms with Crippen molar-refractivity contribution in [2.45, 2.75) is 45.4 Å². The zero-order valence-corrected chi connectivity index (χ0v) is 19.7. The van der Waals surface area contributed by atoms with Crippen LogP contribution in [0.1, 0.15) is 42.5 Å². The Kier molecular flexibility index (Phi) is 5.18. The highest BCUT2D eigenvalue weighted by atomic mass is 31.2. The van der Waals surface area contributed by atoms with Crippen LogP contribution in [0.15, 0.2) is 29.1 Å². The van der Waals surface area contributed by atoms with Crippen LogP contribution in [0, 0.1) is 0 Å². The summed E-state index contributed by atoms with van der Waals surface area (Å²) in [4.78, 5) is 40.1. The number of hydrogen-bond acceptors (Lipinski definition) is 8. The molecule has 0 aliphatic carbocycles. The number of pyridine rings is 2. The molecule has 11 heteroatoms. The molecule has 3 aromatic rings. The first kappa shape index (κ1) is 22.7. The Hall–Kier alpha value is -3.04. The van der Waals surface area contributed by atoms with E-state index in [-0.39, 0.29) is 42.0 Å². The molecule has 1 aromatic carbocycles. The molecule has 34 heavy (non-hydrogen) atoms. The number of phosphoric ester groups is 1. The van der Waals surface area contributed by atoms with Gasteiger partial charge in [-0.3, -0.25) is 14.2 Å². The van der Waals surface area contributed by atoms with Crippen LogP contribution < -0.4 is 10.1 Å². The van der Waals surface area contributed by atoms with Gasteiger partial charge in [-0.1, -0.05) is 13.8 Å². The van der Waals surface area contributed by atoms with Gasteiger partial charge in [0.25, 0.3) is 5.56 Å². The minimum atomic E-state index is -4.23.